The lowest BCUT2D eigenvalue weighted by molar-refractivity contribution is 0.398. The zero-order valence-electron chi connectivity index (χ0n) is 10.6. The van der Waals surface area contributed by atoms with Crippen molar-refractivity contribution >= 4 is 11.6 Å². The van der Waals surface area contributed by atoms with Crippen molar-refractivity contribution < 1.29 is 4.74 Å². The molecule has 2 heterocycles. The topological polar surface area (TPSA) is 47.9 Å². The van der Waals surface area contributed by atoms with Crippen LogP contribution in [0, 0.1) is 6.92 Å². The van der Waals surface area contributed by atoms with Gasteiger partial charge in [-0.1, -0.05) is 24.6 Å². The van der Waals surface area contributed by atoms with Crippen LogP contribution in [0.3, 0.4) is 0 Å². The second kappa shape index (κ2) is 5.31. The van der Waals surface area contributed by atoms with Crippen LogP contribution in [0.4, 0.5) is 0 Å². The third kappa shape index (κ3) is 2.43. The molecule has 2 aromatic rings. The number of ether oxygens (including phenoxy) is 1. The SMILES string of the molecule is CCc1nc(-c2cccc(OC)n2)nc(Cl)c1C. The van der Waals surface area contributed by atoms with Gasteiger partial charge in [0, 0.05) is 17.3 Å². The molecule has 0 radical (unpaired) electrons. The van der Waals surface area contributed by atoms with E-state index in [2.05, 4.69) is 15.0 Å². The molecule has 0 N–H and O–H groups in total. The van der Waals surface area contributed by atoms with Gasteiger partial charge in [0.2, 0.25) is 5.88 Å². The van der Waals surface area contributed by atoms with Gasteiger partial charge in [-0.15, -0.1) is 0 Å². The molecule has 0 bridgehead atoms. The highest BCUT2D eigenvalue weighted by molar-refractivity contribution is 6.30. The van der Waals surface area contributed by atoms with E-state index >= 15 is 0 Å². The van der Waals surface area contributed by atoms with E-state index < -0.39 is 0 Å². The van der Waals surface area contributed by atoms with Crippen LogP contribution in [0.5, 0.6) is 5.88 Å². The summed E-state index contributed by atoms with van der Waals surface area (Å²) in [6.45, 7) is 3.96. The van der Waals surface area contributed by atoms with E-state index in [9.17, 15) is 0 Å². The van der Waals surface area contributed by atoms with Crippen LogP contribution < -0.4 is 4.74 Å². The maximum atomic E-state index is 6.11. The first-order valence-electron chi connectivity index (χ1n) is 5.70. The van der Waals surface area contributed by atoms with Crippen LogP contribution in [0.1, 0.15) is 18.2 Å². The number of nitrogens with zero attached hydrogens (tertiary/aromatic N) is 3. The summed E-state index contributed by atoms with van der Waals surface area (Å²) in [4.78, 5) is 13.0. The Balaban J connectivity index is 2.53. The van der Waals surface area contributed by atoms with Gasteiger partial charge in [0.15, 0.2) is 5.82 Å². The summed E-state index contributed by atoms with van der Waals surface area (Å²) in [5, 5.41) is 0.474. The second-order valence-corrected chi connectivity index (χ2v) is 4.19. The molecule has 5 heteroatoms. The number of methoxy groups -OCH3 is 1. The van der Waals surface area contributed by atoms with Gasteiger partial charge in [0.05, 0.1) is 7.11 Å². The maximum Gasteiger partial charge on any atom is 0.213 e. The van der Waals surface area contributed by atoms with Gasteiger partial charge in [-0.05, 0) is 19.4 Å². The van der Waals surface area contributed by atoms with E-state index in [1.807, 2.05) is 26.0 Å². The fourth-order valence-electron chi connectivity index (χ4n) is 1.64. The summed E-state index contributed by atoms with van der Waals surface area (Å²) in [6, 6.07) is 5.47. The number of aryl methyl sites for hydroxylation is 1. The summed E-state index contributed by atoms with van der Waals surface area (Å²) in [5.41, 5.74) is 2.52. The molecular formula is C13H14ClN3O. The first kappa shape index (κ1) is 12.8. The number of hydrogen-bond donors (Lipinski definition) is 0. The van der Waals surface area contributed by atoms with E-state index in [4.69, 9.17) is 16.3 Å². The Morgan fingerprint density at radius 3 is 2.67 bits per heavy atom. The molecule has 0 aliphatic rings. The van der Waals surface area contributed by atoms with Crippen LogP contribution in [-0.4, -0.2) is 22.1 Å². The highest BCUT2D eigenvalue weighted by atomic mass is 35.5. The fraction of sp³-hybridized carbons (Fsp3) is 0.308. The van der Waals surface area contributed by atoms with Gasteiger partial charge in [0.1, 0.15) is 10.8 Å². The zero-order valence-corrected chi connectivity index (χ0v) is 11.3. The number of aromatic nitrogens is 3. The van der Waals surface area contributed by atoms with Crippen LogP contribution >= 0.6 is 11.6 Å². The number of halogens is 1. The lowest BCUT2D eigenvalue weighted by Crippen LogP contribution is -2.01. The number of rotatable bonds is 3. The van der Waals surface area contributed by atoms with Gasteiger partial charge in [-0.25, -0.2) is 15.0 Å². The summed E-state index contributed by atoms with van der Waals surface area (Å²) in [5.74, 6) is 1.06. The van der Waals surface area contributed by atoms with Gasteiger partial charge < -0.3 is 4.74 Å². The Labute approximate surface area is 111 Å². The minimum absolute atomic E-state index is 0.474. The Morgan fingerprint density at radius 1 is 1.22 bits per heavy atom. The van der Waals surface area contributed by atoms with Crippen molar-refractivity contribution in [3.05, 3.63) is 34.6 Å². The maximum absolute atomic E-state index is 6.11. The molecule has 94 valence electrons. The molecular weight excluding hydrogens is 250 g/mol. The van der Waals surface area contributed by atoms with E-state index in [0.717, 1.165) is 17.7 Å². The summed E-state index contributed by atoms with van der Waals surface area (Å²) in [6.07, 6.45) is 0.811. The summed E-state index contributed by atoms with van der Waals surface area (Å²) >= 11 is 6.11. The first-order valence-corrected chi connectivity index (χ1v) is 6.08. The van der Waals surface area contributed by atoms with Gasteiger partial charge in [-0.2, -0.15) is 0 Å². The molecule has 0 atom stereocenters. The Hall–Kier alpha value is -1.68. The third-order valence-corrected chi connectivity index (χ3v) is 3.05. The van der Waals surface area contributed by atoms with Crippen molar-refractivity contribution in [2.75, 3.05) is 7.11 Å². The molecule has 0 amide bonds. The molecule has 18 heavy (non-hydrogen) atoms. The van der Waals surface area contributed by atoms with Crippen LogP contribution in [-0.2, 0) is 6.42 Å². The predicted molar refractivity (Wildman–Crippen MR) is 70.9 cm³/mol. The normalized spacial score (nSPS) is 10.4. The Morgan fingerprint density at radius 2 is 2.00 bits per heavy atom. The average molecular weight is 264 g/mol. The molecule has 0 saturated heterocycles. The Kier molecular flexibility index (Phi) is 3.77. The molecule has 4 nitrogen and oxygen atoms in total. The molecule has 0 aromatic carbocycles. The van der Waals surface area contributed by atoms with E-state index in [1.165, 1.54) is 0 Å². The van der Waals surface area contributed by atoms with Crippen molar-refractivity contribution in [1.82, 2.24) is 15.0 Å². The minimum atomic E-state index is 0.474. The highest BCUT2D eigenvalue weighted by Gasteiger charge is 2.11. The number of pyridine rings is 1. The van der Waals surface area contributed by atoms with Crippen molar-refractivity contribution in [3.8, 4) is 17.4 Å². The standard InChI is InChI=1S/C13H14ClN3O/c1-4-9-8(2)12(14)17-13(16-9)10-6-5-7-11(15-10)18-3/h5-7H,4H2,1-3H3. The molecule has 0 aliphatic heterocycles. The molecule has 0 aliphatic carbocycles. The van der Waals surface area contributed by atoms with Crippen LogP contribution in [0.15, 0.2) is 18.2 Å². The van der Waals surface area contributed by atoms with Gasteiger partial charge in [0.25, 0.3) is 0 Å². The fourth-order valence-corrected chi connectivity index (χ4v) is 1.83. The minimum Gasteiger partial charge on any atom is -0.481 e. The summed E-state index contributed by atoms with van der Waals surface area (Å²) < 4.78 is 5.09. The molecule has 0 unspecified atom stereocenters. The zero-order chi connectivity index (χ0) is 13.1. The highest BCUT2D eigenvalue weighted by Crippen LogP contribution is 2.22. The quantitative estimate of drug-likeness (QED) is 0.799. The second-order valence-electron chi connectivity index (χ2n) is 3.83. The van der Waals surface area contributed by atoms with E-state index in [-0.39, 0.29) is 0 Å². The summed E-state index contributed by atoms with van der Waals surface area (Å²) in [7, 11) is 1.58. The van der Waals surface area contributed by atoms with E-state index in [1.54, 1.807) is 13.2 Å². The van der Waals surface area contributed by atoms with Gasteiger partial charge >= 0.3 is 0 Å². The lowest BCUT2D eigenvalue weighted by Gasteiger charge is -2.07. The smallest absolute Gasteiger partial charge is 0.213 e. The third-order valence-electron chi connectivity index (χ3n) is 2.68. The molecule has 0 fully saturated rings. The molecule has 2 aromatic heterocycles. The first-order chi connectivity index (χ1) is 8.65. The van der Waals surface area contributed by atoms with Crippen LogP contribution in [0.2, 0.25) is 5.15 Å². The largest absolute Gasteiger partial charge is 0.481 e. The van der Waals surface area contributed by atoms with Crippen molar-refractivity contribution in [1.29, 1.82) is 0 Å². The lowest BCUT2D eigenvalue weighted by atomic mass is 10.2. The number of hydrogen-bond acceptors (Lipinski definition) is 4. The van der Waals surface area contributed by atoms with Crippen LogP contribution in [0.25, 0.3) is 11.5 Å². The van der Waals surface area contributed by atoms with E-state index in [0.29, 0.717) is 22.6 Å². The van der Waals surface area contributed by atoms with Crippen molar-refractivity contribution in [3.63, 3.8) is 0 Å². The van der Waals surface area contributed by atoms with Gasteiger partial charge in [-0.3, -0.25) is 0 Å². The molecule has 0 spiro atoms. The molecule has 0 saturated carbocycles. The average Bonchev–Trinajstić information content (AvgIpc) is 2.41. The molecule has 2 rings (SSSR count). The monoisotopic (exact) mass is 263 g/mol. The van der Waals surface area contributed by atoms with Crippen molar-refractivity contribution in [2.45, 2.75) is 20.3 Å². The predicted octanol–water partition coefficient (Wildman–Crippen LogP) is 3.07. The van der Waals surface area contributed by atoms with Crippen molar-refractivity contribution in [2.24, 2.45) is 0 Å². The Bertz CT molecular complexity index is 572.